The summed E-state index contributed by atoms with van der Waals surface area (Å²) < 4.78 is 343. The molecule has 704 valence electrons. The second-order valence-corrected chi connectivity index (χ2v) is 33.3. The van der Waals surface area contributed by atoms with Gasteiger partial charge in [-0.25, -0.2) is 110 Å². The molecule has 0 spiro atoms. The number of nitrogens with zero attached hydrogens (tertiary/aromatic N) is 1. The van der Waals surface area contributed by atoms with Crippen molar-refractivity contribution in [2.75, 3.05) is 4.43 Å². The molecule has 127 heavy (non-hydrogen) atoms. The number of carbonyl (C=O) groups is 3. The Labute approximate surface area is 737 Å². The van der Waals surface area contributed by atoms with Crippen LogP contribution < -0.4 is 16.4 Å². The quantitative estimate of drug-likeness (QED) is 0.0131. The lowest BCUT2D eigenvalue weighted by molar-refractivity contribution is -0.201. The Morgan fingerprint density at radius 1 is 0.480 bits per heavy atom. The Bertz CT molecular complexity index is 4760. The van der Waals surface area contributed by atoms with E-state index in [1.54, 1.807) is 18.2 Å². The van der Waals surface area contributed by atoms with Crippen molar-refractivity contribution < 1.29 is 149 Å². The van der Waals surface area contributed by atoms with Gasteiger partial charge in [0.15, 0.2) is 72.4 Å². The minimum atomic E-state index is -3.80. The highest BCUT2D eigenvalue weighted by Crippen LogP contribution is 2.49. The van der Waals surface area contributed by atoms with Crippen LogP contribution >= 0.6 is 34.8 Å². The van der Waals surface area contributed by atoms with E-state index in [2.05, 4.69) is 25.1 Å². The molecule has 3 aliphatic rings. The number of rotatable bonds is 21. The summed E-state index contributed by atoms with van der Waals surface area (Å²) in [6, 6.07) is 39.3. The number of amides is 1. The van der Waals surface area contributed by atoms with Gasteiger partial charge in [0, 0.05) is 80.0 Å². The molecule has 3 aliphatic heterocycles. The van der Waals surface area contributed by atoms with Crippen molar-refractivity contribution in [2.45, 2.75) is 252 Å². The summed E-state index contributed by atoms with van der Waals surface area (Å²) in [5.41, 5.74) is -5.98. The highest BCUT2D eigenvalue weighted by atomic mass is 127. The first kappa shape index (κ1) is 111. The number of alkyl halides is 19. The standard InChI is InChI=1S/C20H20F4N2O2S.C14H13F4IO2.C14H15F4NO.C14H14F4O2.C13H16F4O.C12H15F4NO.CH4/c1-19(13-10-6-7-11-14(13)21,15(22)16(27)20(2,23)24)26-18(29)25-17(28)12-8-4-3-5-9-12;1-13(8-4-2-3-5-9(8)15)6-10(20)21-12(11(13)16)14(17,18)7-19;1-8-19-13(2,9-6-4-5-7-10(9)15)11(16)12(20-8)14(3,17)18;1-13(8-5-3-4-6-9(8)15)7-10(19)20-12(11(13)16)14(2,17)18;1-12(2,8-6-4-5-7-9(8)14)10(15)11(18)13(3,16)17;1-11(17,7-5-3-4-6-8(7)13)9(14)10(18)12(2,15)16;/h3-11,15-16,27H,1-2H3,(H2,25,26,28,29);2-5,11-12H,6-7H2,1H3;4-7,11-12H,1-3H3;3-6,11-12H,7H2,1-2H3;4-7,10-11,18H,1-3H3;3-6,9-10,18H,17H2,1-2H3;1H4/t15-,16-,19+;3*11-,12-,13+;10-,11?;9-,10?,11+;/m000000./s1. The predicted octanol–water partition coefficient (Wildman–Crippen LogP) is 21.2. The maximum Gasteiger partial charge on any atom is 0.307 e. The molecule has 0 aliphatic carbocycles. The first-order valence-corrected chi connectivity index (χ1v) is 39.9. The first-order chi connectivity index (χ1) is 57.7. The van der Waals surface area contributed by atoms with E-state index in [0.717, 1.165) is 50.2 Å². The van der Waals surface area contributed by atoms with Crippen LogP contribution in [-0.4, -0.2) is 158 Å². The van der Waals surface area contributed by atoms with E-state index < -0.39 is 217 Å². The molecule has 10 rings (SSSR count). The van der Waals surface area contributed by atoms with Crippen LogP contribution in [0.5, 0.6) is 0 Å². The van der Waals surface area contributed by atoms with E-state index in [9.17, 15) is 131 Å². The zero-order valence-electron chi connectivity index (χ0n) is 69.5. The lowest BCUT2D eigenvalue weighted by atomic mass is 9.71. The lowest BCUT2D eigenvalue weighted by Crippen LogP contribution is -2.59. The Balaban J connectivity index is 0.000000321. The van der Waals surface area contributed by atoms with Crippen molar-refractivity contribution in [3.8, 4) is 0 Å². The van der Waals surface area contributed by atoms with Gasteiger partial charge in [-0.05, 0) is 98.2 Å². The van der Waals surface area contributed by atoms with Crippen molar-refractivity contribution in [2.24, 2.45) is 10.7 Å². The third kappa shape index (κ3) is 27.0. The largest absolute Gasteiger partial charge is 0.468 e. The van der Waals surface area contributed by atoms with Gasteiger partial charge in [0.2, 0.25) is 0 Å². The van der Waals surface area contributed by atoms with Crippen LogP contribution in [0.15, 0.2) is 181 Å². The molecule has 2 fully saturated rings. The fourth-order valence-corrected chi connectivity index (χ4v) is 14.3. The zero-order chi connectivity index (χ0) is 96.2. The molecule has 1 amide bonds. The molecule has 7 aromatic carbocycles. The number of nitrogens with one attached hydrogen (secondary N) is 2. The number of hydrogen-bond donors (Lipinski definition) is 6. The van der Waals surface area contributed by atoms with Crippen LogP contribution in [0.3, 0.4) is 0 Å². The number of cyclic esters (lactones) is 2. The molecule has 0 aromatic heterocycles. The molecule has 0 radical (unpaired) electrons. The minimum Gasteiger partial charge on any atom is -0.468 e. The topological polar surface area (TPSA) is 202 Å². The number of benzene rings is 7. The van der Waals surface area contributed by atoms with Crippen molar-refractivity contribution in [3.63, 3.8) is 0 Å². The Kier molecular flexibility index (Phi) is 37.7. The Morgan fingerprint density at radius 2 is 0.803 bits per heavy atom. The van der Waals surface area contributed by atoms with E-state index >= 15 is 4.39 Å². The minimum absolute atomic E-state index is 0. The first-order valence-electron chi connectivity index (χ1n) is 38.0. The monoisotopic (exact) mass is 1970 g/mol. The second-order valence-electron chi connectivity index (χ2n) is 32.1. The molecular formula is C88H97F24IN4O9S. The highest BCUT2D eigenvalue weighted by molar-refractivity contribution is 14.1. The van der Waals surface area contributed by atoms with Crippen LogP contribution in [0, 0.1) is 34.9 Å². The van der Waals surface area contributed by atoms with Gasteiger partial charge in [-0.2, -0.15) is 0 Å². The van der Waals surface area contributed by atoms with Gasteiger partial charge in [0.25, 0.3) is 41.4 Å². The number of thiocarbonyl (C=S) groups is 1. The molecule has 7 N–H and O–H groups in total. The van der Waals surface area contributed by atoms with Crippen molar-refractivity contribution in [1.29, 1.82) is 0 Å². The van der Waals surface area contributed by atoms with Gasteiger partial charge >= 0.3 is 11.9 Å². The van der Waals surface area contributed by atoms with Gasteiger partial charge < -0.3 is 40.6 Å². The summed E-state index contributed by atoms with van der Waals surface area (Å²) >= 11 is 6.42. The number of aliphatic hydroxyl groups is 3. The normalized spacial score (nSPS) is 23.3. The summed E-state index contributed by atoms with van der Waals surface area (Å²) in [6.07, 6.45) is -29.2. The van der Waals surface area contributed by atoms with E-state index in [-0.39, 0.29) is 52.3 Å². The van der Waals surface area contributed by atoms with Crippen LogP contribution in [-0.2, 0) is 56.7 Å². The molecule has 3 heterocycles. The third-order valence-electron chi connectivity index (χ3n) is 21.1. The van der Waals surface area contributed by atoms with Crippen molar-refractivity contribution in [1.82, 2.24) is 10.6 Å². The maximum atomic E-state index is 15.1. The highest BCUT2D eigenvalue weighted by Gasteiger charge is 2.61. The summed E-state index contributed by atoms with van der Waals surface area (Å²) in [6.45, 7) is 12.1. The number of nitrogens with two attached hydrogens (primary N) is 1. The third-order valence-corrected chi connectivity index (χ3v) is 22.3. The SMILES string of the molecule is C.CC(F)(F)C(O)[C@H](F)C(C)(C)c1ccccc1F.CC(F)(F)C(O)[C@H](F)[C@](C)(N)c1ccccc1F.CC(F)(F)[C@@H](O)[C@H](F)[C@](C)(NC(=S)NC(=O)c1ccccc1)c1ccccc1F.CC(F)(F)[C@H]1OC(=O)C[C@](C)(c2ccccc2F)[C@H]1F.CC1=N[C@](C)(c2ccccc2F)[C@@H](F)[C@@H](C(C)(F)F)O1.C[C@]1(c2ccccc2F)CC(=O)O[C@H](C(F)(F)CI)[C@@H]1F. The molecule has 17 atom stereocenters. The van der Waals surface area contributed by atoms with Crippen molar-refractivity contribution in [3.05, 3.63) is 250 Å². The van der Waals surface area contributed by atoms with E-state index in [4.69, 9.17) is 22.7 Å². The molecule has 39 heteroatoms. The molecule has 0 bridgehead atoms. The van der Waals surface area contributed by atoms with Gasteiger partial charge in [0.05, 0.1) is 28.3 Å². The molecule has 7 aromatic rings. The maximum absolute atomic E-state index is 15.1. The Morgan fingerprint density at radius 3 is 1.18 bits per heavy atom. The number of esters is 2. The fourth-order valence-electron chi connectivity index (χ4n) is 13.6. The van der Waals surface area contributed by atoms with Gasteiger partial charge in [-0.3, -0.25) is 19.7 Å². The average molecular weight is 1970 g/mol. The molecule has 2 unspecified atom stereocenters. The summed E-state index contributed by atoms with van der Waals surface area (Å²) in [5, 5.41) is 32.6. The molecule has 0 saturated carbocycles. The molecular weight excluding hydrogens is 1870 g/mol. The number of hydrogen-bond acceptors (Lipinski definition) is 12. The van der Waals surface area contributed by atoms with Crippen LogP contribution in [0.25, 0.3) is 0 Å². The van der Waals surface area contributed by atoms with Crippen molar-refractivity contribution >= 4 is 63.7 Å². The second kappa shape index (κ2) is 43.3. The number of aliphatic hydroxyl groups excluding tert-OH is 3. The van der Waals surface area contributed by atoms with Crippen LogP contribution in [0.1, 0.15) is 154 Å². The Hall–Kier alpha value is -8.80. The number of halogens is 25. The molecule has 2 saturated heterocycles. The predicted molar refractivity (Wildman–Crippen MR) is 440 cm³/mol. The lowest BCUT2D eigenvalue weighted by Gasteiger charge is -2.43. The summed E-state index contributed by atoms with van der Waals surface area (Å²) in [5.74, 6) is -28.7. The van der Waals surface area contributed by atoms with Gasteiger partial charge in [-0.15, -0.1) is 0 Å². The van der Waals surface area contributed by atoms with Crippen LogP contribution in [0.2, 0.25) is 0 Å². The smallest absolute Gasteiger partial charge is 0.307 e. The fraction of sp³-hybridized carbons (Fsp3) is 0.466. The summed E-state index contributed by atoms with van der Waals surface area (Å²) in [7, 11) is 0. The van der Waals surface area contributed by atoms with E-state index in [0.29, 0.717) is 34.6 Å². The number of carbonyl (C=O) groups excluding carboxylic acids is 3. The van der Waals surface area contributed by atoms with Gasteiger partial charge in [-0.1, -0.05) is 185 Å². The van der Waals surface area contributed by atoms with E-state index in [1.165, 1.54) is 185 Å². The van der Waals surface area contributed by atoms with Crippen LogP contribution in [0.4, 0.5) is 105 Å². The zero-order valence-corrected chi connectivity index (χ0v) is 72.4. The molecule has 13 nitrogen and oxygen atoms in total. The van der Waals surface area contributed by atoms with Gasteiger partial charge in [0.1, 0.15) is 52.7 Å². The summed E-state index contributed by atoms with van der Waals surface area (Å²) in [4.78, 5) is 39.3. The average Bonchev–Trinajstić information content (AvgIpc) is 0.780. The number of aliphatic imine (C=N–C) groups is 1. The van der Waals surface area contributed by atoms with E-state index in [1.807, 2.05) is 0 Å². The number of ether oxygens (including phenoxy) is 3.